The number of nitrogens with zero attached hydrogens (tertiary/aromatic N) is 1. The fourth-order valence-electron chi connectivity index (χ4n) is 1.34. The number of pyridine rings is 1. The third-order valence-electron chi connectivity index (χ3n) is 1.98. The van der Waals surface area contributed by atoms with Gasteiger partial charge in [-0.05, 0) is 18.6 Å². The van der Waals surface area contributed by atoms with Gasteiger partial charge in [-0.15, -0.1) is 0 Å². The van der Waals surface area contributed by atoms with Crippen LogP contribution < -0.4 is 5.73 Å². The van der Waals surface area contributed by atoms with Crippen LogP contribution in [0.2, 0.25) is 0 Å². The molecule has 1 aromatic rings. The van der Waals surface area contributed by atoms with Crippen LogP contribution in [-0.2, 0) is 5.92 Å². The van der Waals surface area contributed by atoms with Crippen molar-refractivity contribution >= 4 is 5.70 Å². The van der Waals surface area contributed by atoms with E-state index in [4.69, 9.17) is 5.73 Å². The van der Waals surface area contributed by atoms with Gasteiger partial charge in [-0.3, -0.25) is 4.98 Å². The van der Waals surface area contributed by atoms with E-state index in [2.05, 4.69) is 11.6 Å². The molecule has 1 rings (SSSR count). The predicted octanol–water partition coefficient (Wildman–Crippen LogP) is 2.43. The second-order valence-corrected chi connectivity index (χ2v) is 3.25. The monoisotopic (exact) mass is 198 g/mol. The van der Waals surface area contributed by atoms with Gasteiger partial charge in [0.2, 0.25) is 0 Å². The van der Waals surface area contributed by atoms with Crippen LogP contribution in [0.1, 0.15) is 23.7 Å². The molecular weight excluding hydrogens is 186 g/mol. The zero-order chi connectivity index (χ0) is 10.9. The topological polar surface area (TPSA) is 38.9 Å². The highest BCUT2D eigenvalue weighted by atomic mass is 19.3. The summed E-state index contributed by atoms with van der Waals surface area (Å²) in [4.78, 5) is 3.89. The first-order valence-electron chi connectivity index (χ1n) is 4.12. The molecule has 0 aliphatic heterocycles. The number of hydrogen-bond acceptors (Lipinski definition) is 2. The lowest BCUT2D eigenvalue weighted by molar-refractivity contribution is 0.0167. The first-order valence-corrected chi connectivity index (χ1v) is 4.12. The summed E-state index contributed by atoms with van der Waals surface area (Å²) in [5, 5.41) is 0. The number of halogens is 2. The quantitative estimate of drug-likeness (QED) is 0.792. The number of hydrogen-bond donors (Lipinski definition) is 1. The van der Waals surface area contributed by atoms with Crippen LogP contribution in [0.3, 0.4) is 0 Å². The van der Waals surface area contributed by atoms with Gasteiger partial charge in [0.25, 0.3) is 5.92 Å². The van der Waals surface area contributed by atoms with Crippen LogP contribution in [-0.4, -0.2) is 4.98 Å². The van der Waals surface area contributed by atoms with Crippen molar-refractivity contribution in [2.45, 2.75) is 19.8 Å². The fourth-order valence-corrected chi connectivity index (χ4v) is 1.34. The molecule has 4 heteroatoms. The van der Waals surface area contributed by atoms with Crippen molar-refractivity contribution in [3.05, 3.63) is 35.7 Å². The minimum Gasteiger partial charge on any atom is -0.397 e. The van der Waals surface area contributed by atoms with Crippen molar-refractivity contribution in [1.29, 1.82) is 0 Å². The summed E-state index contributed by atoms with van der Waals surface area (Å²) >= 11 is 0. The average molecular weight is 198 g/mol. The fraction of sp³-hybridized carbons (Fsp3) is 0.300. The summed E-state index contributed by atoms with van der Waals surface area (Å²) in [7, 11) is 0. The van der Waals surface area contributed by atoms with Crippen molar-refractivity contribution in [1.82, 2.24) is 4.98 Å². The molecule has 0 amide bonds. The molecule has 0 bridgehead atoms. The van der Waals surface area contributed by atoms with Crippen LogP contribution in [0.15, 0.2) is 18.8 Å². The molecule has 2 N–H and O–H groups in total. The molecule has 0 unspecified atom stereocenters. The van der Waals surface area contributed by atoms with Gasteiger partial charge in [-0.25, -0.2) is 8.78 Å². The maximum atomic E-state index is 13.1. The summed E-state index contributed by atoms with van der Waals surface area (Å²) in [6.45, 7) is 5.89. The molecule has 76 valence electrons. The molecule has 1 heterocycles. The van der Waals surface area contributed by atoms with E-state index in [1.807, 2.05) is 0 Å². The van der Waals surface area contributed by atoms with Crippen molar-refractivity contribution in [3.63, 3.8) is 0 Å². The smallest absolute Gasteiger partial charge is 0.270 e. The Bertz CT molecular complexity index is 367. The number of aromatic nitrogens is 1. The largest absolute Gasteiger partial charge is 0.397 e. The van der Waals surface area contributed by atoms with E-state index in [-0.39, 0.29) is 11.3 Å². The number of alkyl halides is 2. The van der Waals surface area contributed by atoms with Gasteiger partial charge >= 0.3 is 0 Å². The normalized spacial score (nSPS) is 11.4. The Labute approximate surface area is 81.5 Å². The first-order chi connectivity index (χ1) is 6.34. The SMILES string of the molecule is C=C(N)c1nccc(C(C)(F)F)c1C. The second kappa shape index (κ2) is 3.36. The van der Waals surface area contributed by atoms with E-state index in [0.29, 0.717) is 11.3 Å². The standard InChI is InChI=1S/C10H12F2N2/c1-6-8(10(3,11)12)4-5-14-9(6)7(2)13/h4-5H,2,13H2,1,3H3. The van der Waals surface area contributed by atoms with E-state index in [9.17, 15) is 8.78 Å². The van der Waals surface area contributed by atoms with Crippen molar-refractivity contribution in [3.8, 4) is 0 Å². The zero-order valence-electron chi connectivity index (χ0n) is 8.14. The molecule has 1 aromatic heterocycles. The minimum atomic E-state index is -2.88. The molecule has 0 spiro atoms. The third-order valence-corrected chi connectivity index (χ3v) is 1.98. The average Bonchev–Trinajstić information content (AvgIpc) is 2.01. The molecule has 0 aliphatic carbocycles. The van der Waals surface area contributed by atoms with Crippen molar-refractivity contribution in [2.24, 2.45) is 5.73 Å². The Morgan fingerprint density at radius 2 is 2.14 bits per heavy atom. The molecule has 0 fully saturated rings. The molecule has 0 aromatic carbocycles. The lowest BCUT2D eigenvalue weighted by Crippen LogP contribution is -2.12. The molecule has 0 aliphatic rings. The zero-order valence-corrected chi connectivity index (χ0v) is 8.14. The van der Waals surface area contributed by atoms with Gasteiger partial charge in [0.1, 0.15) is 0 Å². The molecule has 0 atom stereocenters. The highest BCUT2D eigenvalue weighted by Crippen LogP contribution is 2.30. The second-order valence-electron chi connectivity index (χ2n) is 3.25. The lowest BCUT2D eigenvalue weighted by atomic mass is 10.0. The van der Waals surface area contributed by atoms with Gasteiger partial charge in [0.05, 0.1) is 11.4 Å². The Morgan fingerprint density at radius 3 is 2.57 bits per heavy atom. The van der Waals surface area contributed by atoms with E-state index in [0.717, 1.165) is 6.92 Å². The molecule has 0 saturated heterocycles. The summed E-state index contributed by atoms with van der Waals surface area (Å²) in [6, 6.07) is 1.29. The molecule has 2 nitrogen and oxygen atoms in total. The van der Waals surface area contributed by atoms with E-state index in [1.54, 1.807) is 6.92 Å². The number of nitrogens with two attached hydrogens (primary N) is 1. The van der Waals surface area contributed by atoms with Crippen LogP contribution in [0.25, 0.3) is 5.70 Å². The van der Waals surface area contributed by atoms with Gasteiger partial charge in [0.15, 0.2) is 0 Å². The van der Waals surface area contributed by atoms with Crippen molar-refractivity contribution < 1.29 is 8.78 Å². The summed E-state index contributed by atoms with van der Waals surface area (Å²) in [5.74, 6) is -2.88. The summed E-state index contributed by atoms with van der Waals surface area (Å²) in [6.07, 6.45) is 1.31. The Morgan fingerprint density at radius 1 is 1.57 bits per heavy atom. The predicted molar refractivity (Wildman–Crippen MR) is 51.8 cm³/mol. The van der Waals surface area contributed by atoms with E-state index in [1.165, 1.54) is 12.3 Å². The van der Waals surface area contributed by atoms with Gasteiger partial charge < -0.3 is 5.73 Å². The molecule has 0 radical (unpaired) electrons. The number of rotatable bonds is 2. The van der Waals surface area contributed by atoms with Crippen LogP contribution in [0, 0.1) is 6.92 Å². The Hall–Kier alpha value is -1.45. The van der Waals surface area contributed by atoms with Gasteiger partial charge in [-0.1, -0.05) is 6.58 Å². The third kappa shape index (κ3) is 1.89. The molecule has 0 saturated carbocycles. The van der Waals surface area contributed by atoms with Crippen LogP contribution in [0.5, 0.6) is 0 Å². The van der Waals surface area contributed by atoms with E-state index >= 15 is 0 Å². The Kier molecular flexibility index (Phi) is 2.55. The van der Waals surface area contributed by atoms with Crippen LogP contribution in [0.4, 0.5) is 8.78 Å². The van der Waals surface area contributed by atoms with Crippen molar-refractivity contribution in [2.75, 3.05) is 0 Å². The van der Waals surface area contributed by atoms with E-state index < -0.39 is 5.92 Å². The highest BCUT2D eigenvalue weighted by Gasteiger charge is 2.27. The minimum absolute atomic E-state index is 0.0610. The lowest BCUT2D eigenvalue weighted by Gasteiger charge is -2.15. The maximum Gasteiger partial charge on any atom is 0.270 e. The molecule has 14 heavy (non-hydrogen) atoms. The highest BCUT2D eigenvalue weighted by molar-refractivity contribution is 5.61. The van der Waals surface area contributed by atoms with Gasteiger partial charge in [-0.2, -0.15) is 0 Å². The van der Waals surface area contributed by atoms with Crippen LogP contribution >= 0.6 is 0 Å². The maximum absolute atomic E-state index is 13.1. The molecular formula is C10H12F2N2. The Balaban J connectivity index is 3.35. The summed E-state index contributed by atoms with van der Waals surface area (Å²) < 4.78 is 26.1. The van der Waals surface area contributed by atoms with Gasteiger partial charge in [0, 0.05) is 18.7 Å². The summed E-state index contributed by atoms with van der Waals surface area (Å²) in [5.41, 5.74) is 6.29. The first kappa shape index (κ1) is 10.6.